The lowest BCUT2D eigenvalue weighted by Gasteiger charge is -2.05. The Labute approximate surface area is 100 Å². The second-order valence-corrected chi connectivity index (χ2v) is 5.93. The van der Waals surface area contributed by atoms with E-state index >= 15 is 0 Å². The molecule has 0 fully saturated rings. The first kappa shape index (κ1) is 13.4. The average molecular weight is 257 g/mol. The standard InChI is InChI=1S/C10H15N3O3S/c1-2-17(15,16)6-5-13-10(14)8-3-4-12-9(11)7-8/h3-4,7H,2,5-6H2,1H3,(H2,11,12)(H,13,14). The Morgan fingerprint density at radius 1 is 1.53 bits per heavy atom. The molecule has 0 atom stereocenters. The first-order chi connectivity index (χ1) is 7.94. The number of carbonyl (C=O) groups excluding carboxylic acids is 1. The molecule has 7 heteroatoms. The molecule has 0 aliphatic heterocycles. The van der Waals surface area contributed by atoms with Gasteiger partial charge < -0.3 is 11.1 Å². The minimum absolute atomic E-state index is 0.0597. The SMILES string of the molecule is CCS(=O)(=O)CCNC(=O)c1ccnc(N)c1. The average Bonchev–Trinajstić information content (AvgIpc) is 2.28. The van der Waals surface area contributed by atoms with Crippen LogP contribution in [-0.2, 0) is 9.84 Å². The predicted octanol–water partition coefficient (Wildman–Crippen LogP) is -0.172. The van der Waals surface area contributed by atoms with Crippen LogP contribution in [0.3, 0.4) is 0 Å². The van der Waals surface area contributed by atoms with Crippen molar-refractivity contribution in [1.29, 1.82) is 0 Å². The molecule has 17 heavy (non-hydrogen) atoms. The van der Waals surface area contributed by atoms with Crippen LogP contribution in [0.1, 0.15) is 17.3 Å². The van der Waals surface area contributed by atoms with Gasteiger partial charge in [-0.1, -0.05) is 6.92 Å². The van der Waals surface area contributed by atoms with Crippen LogP contribution in [0.5, 0.6) is 0 Å². The minimum atomic E-state index is -3.06. The van der Waals surface area contributed by atoms with E-state index in [0.717, 1.165) is 0 Å². The van der Waals surface area contributed by atoms with Crippen molar-refractivity contribution in [2.24, 2.45) is 0 Å². The number of rotatable bonds is 5. The summed E-state index contributed by atoms with van der Waals surface area (Å²) in [5, 5.41) is 2.52. The van der Waals surface area contributed by atoms with Gasteiger partial charge >= 0.3 is 0 Å². The van der Waals surface area contributed by atoms with E-state index in [1.165, 1.54) is 18.3 Å². The van der Waals surface area contributed by atoms with Crippen molar-refractivity contribution in [3.05, 3.63) is 23.9 Å². The summed E-state index contributed by atoms with van der Waals surface area (Å²) >= 11 is 0. The normalized spacial score (nSPS) is 11.1. The van der Waals surface area contributed by atoms with Crippen molar-refractivity contribution in [3.63, 3.8) is 0 Å². The summed E-state index contributed by atoms with van der Waals surface area (Å²) in [7, 11) is -3.06. The van der Waals surface area contributed by atoms with Crippen molar-refractivity contribution >= 4 is 21.6 Å². The molecule has 1 amide bonds. The van der Waals surface area contributed by atoms with Crippen molar-refractivity contribution in [2.45, 2.75) is 6.92 Å². The zero-order chi connectivity index (χ0) is 12.9. The van der Waals surface area contributed by atoms with Gasteiger partial charge in [-0.25, -0.2) is 13.4 Å². The first-order valence-corrected chi connectivity index (χ1v) is 6.97. The maximum atomic E-state index is 11.6. The Bertz CT molecular complexity index is 499. The lowest BCUT2D eigenvalue weighted by atomic mass is 10.2. The lowest BCUT2D eigenvalue weighted by molar-refractivity contribution is 0.0956. The molecule has 0 saturated heterocycles. The molecule has 1 rings (SSSR count). The Kier molecular flexibility index (Phi) is 4.45. The van der Waals surface area contributed by atoms with Crippen LogP contribution < -0.4 is 11.1 Å². The highest BCUT2D eigenvalue weighted by Gasteiger charge is 2.09. The fourth-order valence-electron chi connectivity index (χ4n) is 1.16. The number of carbonyl (C=O) groups is 1. The lowest BCUT2D eigenvalue weighted by Crippen LogP contribution is -2.29. The topological polar surface area (TPSA) is 102 Å². The molecule has 0 aromatic carbocycles. The molecule has 3 N–H and O–H groups in total. The molecule has 6 nitrogen and oxygen atoms in total. The van der Waals surface area contributed by atoms with E-state index < -0.39 is 9.84 Å². The number of nitrogens with zero attached hydrogens (tertiary/aromatic N) is 1. The number of amides is 1. The monoisotopic (exact) mass is 257 g/mol. The fraction of sp³-hybridized carbons (Fsp3) is 0.400. The van der Waals surface area contributed by atoms with E-state index in [4.69, 9.17) is 5.73 Å². The van der Waals surface area contributed by atoms with E-state index in [0.29, 0.717) is 5.56 Å². The number of nitrogen functional groups attached to an aromatic ring is 1. The summed E-state index contributed by atoms with van der Waals surface area (Å²) in [6.45, 7) is 1.66. The third-order valence-electron chi connectivity index (χ3n) is 2.18. The number of sulfone groups is 1. The number of nitrogens with one attached hydrogen (secondary N) is 1. The van der Waals surface area contributed by atoms with Crippen LogP contribution in [0.4, 0.5) is 5.82 Å². The van der Waals surface area contributed by atoms with Crippen molar-refractivity contribution in [2.75, 3.05) is 23.8 Å². The summed E-state index contributed by atoms with van der Waals surface area (Å²) in [5.41, 5.74) is 5.80. The molecule has 94 valence electrons. The van der Waals surface area contributed by atoms with Gasteiger partial charge in [-0.05, 0) is 12.1 Å². The number of anilines is 1. The smallest absolute Gasteiger partial charge is 0.251 e. The van der Waals surface area contributed by atoms with E-state index in [1.54, 1.807) is 6.92 Å². The van der Waals surface area contributed by atoms with Crippen LogP contribution in [0, 0.1) is 0 Å². The summed E-state index contributed by atoms with van der Waals surface area (Å²) in [6.07, 6.45) is 1.42. The largest absolute Gasteiger partial charge is 0.384 e. The Morgan fingerprint density at radius 3 is 2.82 bits per heavy atom. The van der Waals surface area contributed by atoms with Crippen LogP contribution >= 0.6 is 0 Å². The highest BCUT2D eigenvalue weighted by molar-refractivity contribution is 7.91. The summed E-state index contributed by atoms with van der Waals surface area (Å²) in [4.78, 5) is 15.3. The summed E-state index contributed by atoms with van der Waals surface area (Å²) < 4.78 is 22.4. The van der Waals surface area contributed by atoms with Crippen LogP contribution in [-0.4, -0.2) is 37.4 Å². The molecule has 1 aromatic rings. The van der Waals surface area contributed by atoms with E-state index in [-0.39, 0.29) is 29.8 Å². The second kappa shape index (κ2) is 5.62. The number of hydrogen-bond donors (Lipinski definition) is 2. The molecular weight excluding hydrogens is 242 g/mol. The Hall–Kier alpha value is -1.63. The molecule has 1 aromatic heterocycles. The van der Waals surface area contributed by atoms with E-state index in [1.807, 2.05) is 0 Å². The van der Waals surface area contributed by atoms with Crippen LogP contribution in [0.2, 0.25) is 0 Å². The first-order valence-electron chi connectivity index (χ1n) is 5.15. The number of pyridine rings is 1. The molecule has 0 unspecified atom stereocenters. The maximum absolute atomic E-state index is 11.6. The molecule has 0 aliphatic rings. The Morgan fingerprint density at radius 2 is 2.24 bits per heavy atom. The van der Waals surface area contributed by atoms with Gasteiger partial charge in [0.1, 0.15) is 5.82 Å². The number of hydrogen-bond acceptors (Lipinski definition) is 5. The van der Waals surface area contributed by atoms with E-state index in [2.05, 4.69) is 10.3 Å². The van der Waals surface area contributed by atoms with Gasteiger partial charge in [-0.15, -0.1) is 0 Å². The van der Waals surface area contributed by atoms with Crippen molar-refractivity contribution in [3.8, 4) is 0 Å². The van der Waals surface area contributed by atoms with Gasteiger partial charge in [0.05, 0.1) is 5.75 Å². The maximum Gasteiger partial charge on any atom is 0.251 e. The summed E-state index contributed by atoms with van der Waals surface area (Å²) in [5.74, 6) is -0.0924. The fourth-order valence-corrected chi connectivity index (χ4v) is 1.86. The van der Waals surface area contributed by atoms with Crippen molar-refractivity contribution in [1.82, 2.24) is 10.3 Å². The molecular formula is C10H15N3O3S. The molecule has 0 aliphatic carbocycles. The third kappa shape index (κ3) is 4.39. The zero-order valence-corrected chi connectivity index (χ0v) is 10.3. The molecule has 0 spiro atoms. The molecule has 0 bridgehead atoms. The van der Waals surface area contributed by atoms with Gasteiger partial charge in [-0.3, -0.25) is 4.79 Å². The van der Waals surface area contributed by atoms with Gasteiger partial charge in [0.15, 0.2) is 9.84 Å². The van der Waals surface area contributed by atoms with Gasteiger partial charge in [-0.2, -0.15) is 0 Å². The predicted molar refractivity (Wildman–Crippen MR) is 65.3 cm³/mol. The quantitative estimate of drug-likeness (QED) is 0.762. The van der Waals surface area contributed by atoms with Crippen LogP contribution in [0.25, 0.3) is 0 Å². The van der Waals surface area contributed by atoms with Gasteiger partial charge in [0.25, 0.3) is 5.91 Å². The molecule has 0 radical (unpaired) electrons. The number of aromatic nitrogens is 1. The zero-order valence-electron chi connectivity index (χ0n) is 9.51. The third-order valence-corrected chi connectivity index (χ3v) is 3.89. The molecule has 1 heterocycles. The van der Waals surface area contributed by atoms with Gasteiger partial charge in [0, 0.05) is 24.1 Å². The summed E-state index contributed by atoms with van der Waals surface area (Å²) in [6, 6.07) is 2.95. The Balaban J connectivity index is 2.51. The minimum Gasteiger partial charge on any atom is -0.384 e. The second-order valence-electron chi connectivity index (χ2n) is 3.46. The number of nitrogens with two attached hydrogens (primary N) is 1. The highest BCUT2D eigenvalue weighted by atomic mass is 32.2. The van der Waals surface area contributed by atoms with E-state index in [9.17, 15) is 13.2 Å². The van der Waals surface area contributed by atoms with Gasteiger partial charge in [0.2, 0.25) is 0 Å². The highest BCUT2D eigenvalue weighted by Crippen LogP contribution is 2.02. The van der Waals surface area contributed by atoms with Crippen LogP contribution in [0.15, 0.2) is 18.3 Å². The molecule has 0 saturated carbocycles. The van der Waals surface area contributed by atoms with Crippen molar-refractivity contribution < 1.29 is 13.2 Å².